The van der Waals surface area contributed by atoms with E-state index in [1.54, 1.807) is 0 Å². The van der Waals surface area contributed by atoms with Crippen LogP contribution >= 0.6 is 23.2 Å². The summed E-state index contributed by atoms with van der Waals surface area (Å²) in [5, 5.41) is 1.27. The van der Waals surface area contributed by atoms with Crippen molar-refractivity contribution < 1.29 is 4.42 Å². The number of nitrogens with one attached hydrogen (secondary N) is 1. The lowest BCUT2D eigenvalue weighted by Gasteiger charge is -2.15. The summed E-state index contributed by atoms with van der Waals surface area (Å²) in [5.41, 5.74) is 3.61. The molecule has 5 heteroatoms. The van der Waals surface area contributed by atoms with E-state index in [0.29, 0.717) is 16.5 Å². The minimum Gasteiger partial charge on any atom is -0.464 e. The van der Waals surface area contributed by atoms with E-state index in [1.807, 2.05) is 37.3 Å². The smallest absolute Gasteiger partial charge is 0.122 e. The minimum absolute atomic E-state index is 0.155. The van der Waals surface area contributed by atoms with Crippen molar-refractivity contribution >= 4 is 23.2 Å². The molecule has 1 aromatic heterocycles. The summed E-state index contributed by atoms with van der Waals surface area (Å²) in [6.45, 7) is 2.04. The summed E-state index contributed by atoms with van der Waals surface area (Å²) >= 11 is 12.3. The number of hydrogen-bond donors (Lipinski definition) is 2. The number of benzene rings is 1. The zero-order chi connectivity index (χ0) is 13.8. The van der Waals surface area contributed by atoms with Gasteiger partial charge in [-0.1, -0.05) is 36.2 Å². The Morgan fingerprint density at radius 2 is 1.89 bits per heavy atom. The molecule has 0 aliphatic rings. The van der Waals surface area contributed by atoms with Crippen molar-refractivity contribution in [3.05, 3.63) is 57.5 Å². The van der Waals surface area contributed by atoms with Gasteiger partial charge in [-0.15, -0.1) is 0 Å². The molecule has 102 valence electrons. The molecule has 2 rings (SSSR count). The number of rotatable bonds is 5. The Kier molecular flexibility index (Phi) is 4.88. The predicted octanol–water partition coefficient (Wildman–Crippen LogP) is 3.90. The van der Waals surface area contributed by atoms with Crippen LogP contribution in [-0.4, -0.2) is 0 Å². The van der Waals surface area contributed by atoms with E-state index in [-0.39, 0.29) is 6.04 Å². The zero-order valence-corrected chi connectivity index (χ0v) is 12.1. The summed E-state index contributed by atoms with van der Waals surface area (Å²) in [6.07, 6.45) is 1.43. The van der Waals surface area contributed by atoms with Crippen LogP contribution in [0.1, 0.15) is 30.0 Å². The van der Waals surface area contributed by atoms with E-state index in [2.05, 4.69) is 5.43 Å². The van der Waals surface area contributed by atoms with E-state index in [1.165, 1.54) is 0 Å². The van der Waals surface area contributed by atoms with Gasteiger partial charge in [0.1, 0.15) is 11.5 Å². The molecule has 0 bridgehead atoms. The van der Waals surface area contributed by atoms with Crippen molar-refractivity contribution in [3.63, 3.8) is 0 Å². The Hall–Kier alpha value is -1.00. The summed E-state index contributed by atoms with van der Waals surface area (Å²) in [5.74, 6) is 7.33. The molecule has 1 aromatic carbocycles. The normalized spacial score (nSPS) is 12.6. The molecule has 0 aliphatic carbocycles. The average molecular weight is 299 g/mol. The average Bonchev–Trinajstić information content (AvgIpc) is 2.87. The molecule has 3 nitrogen and oxygen atoms in total. The van der Waals surface area contributed by atoms with Gasteiger partial charge in [-0.2, -0.15) is 0 Å². The Morgan fingerprint density at radius 3 is 2.42 bits per heavy atom. The first kappa shape index (κ1) is 14.4. The molecule has 0 spiro atoms. The number of halogens is 2. The fourth-order valence-electron chi connectivity index (χ4n) is 1.94. The van der Waals surface area contributed by atoms with Crippen LogP contribution in [0.4, 0.5) is 0 Å². The van der Waals surface area contributed by atoms with Gasteiger partial charge >= 0.3 is 0 Å². The molecule has 19 heavy (non-hydrogen) atoms. The van der Waals surface area contributed by atoms with Gasteiger partial charge in [-0.3, -0.25) is 5.84 Å². The van der Waals surface area contributed by atoms with Crippen LogP contribution in [0.2, 0.25) is 10.0 Å². The molecule has 3 N–H and O–H groups in total. The first-order valence-corrected chi connectivity index (χ1v) is 6.89. The zero-order valence-electron chi connectivity index (χ0n) is 10.6. The van der Waals surface area contributed by atoms with Crippen molar-refractivity contribution in [2.75, 3.05) is 0 Å². The monoisotopic (exact) mass is 298 g/mol. The predicted molar refractivity (Wildman–Crippen MR) is 78.3 cm³/mol. The Morgan fingerprint density at radius 1 is 1.21 bits per heavy atom. The first-order valence-electron chi connectivity index (χ1n) is 6.13. The van der Waals surface area contributed by atoms with Crippen molar-refractivity contribution in [1.82, 2.24) is 5.43 Å². The van der Waals surface area contributed by atoms with Gasteiger partial charge in [0, 0.05) is 16.5 Å². The number of hydrazine groups is 1. The molecule has 0 fully saturated rings. The second kappa shape index (κ2) is 6.44. The largest absolute Gasteiger partial charge is 0.464 e. The quantitative estimate of drug-likeness (QED) is 0.650. The number of aryl methyl sites for hydroxylation is 1. The molecule has 0 saturated heterocycles. The molecule has 0 aliphatic heterocycles. The number of nitrogens with two attached hydrogens (primary N) is 1. The van der Waals surface area contributed by atoms with Crippen molar-refractivity contribution in [2.45, 2.75) is 25.8 Å². The summed E-state index contributed by atoms with van der Waals surface area (Å²) in [4.78, 5) is 0. The highest BCUT2D eigenvalue weighted by molar-refractivity contribution is 6.36. The van der Waals surface area contributed by atoms with Crippen LogP contribution in [-0.2, 0) is 12.8 Å². The van der Waals surface area contributed by atoms with Crippen LogP contribution in [0.3, 0.4) is 0 Å². The van der Waals surface area contributed by atoms with Gasteiger partial charge in [0.25, 0.3) is 0 Å². The maximum Gasteiger partial charge on any atom is 0.122 e. The Balaban J connectivity index is 2.24. The van der Waals surface area contributed by atoms with Crippen molar-refractivity contribution in [3.8, 4) is 0 Å². The summed E-state index contributed by atoms with van der Waals surface area (Å²) in [7, 11) is 0. The third-order valence-electron chi connectivity index (χ3n) is 3.05. The lowest BCUT2D eigenvalue weighted by Crippen LogP contribution is -2.29. The maximum absolute atomic E-state index is 6.17. The fraction of sp³-hybridized carbons (Fsp3) is 0.286. The van der Waals surface area contributed by atoms with E-state index < -0.39 is 0 Å². The second-order valence-electron chi connectivity index (χ2n) is 4.28. The molecule has 0 radical (unpaired) electrons. The lowest BCUT2D eigenvalue weighted by molar-refractivity contribution is 0.396. The minimum atomic E-state index is -0.155. The SMILES string of the molecule is CCc1ccc(C(Cc2c(Cl)cccc2Cl)NN)o1. The standard InChI is InChI=1S/C14H16Cl2N2O/c1-2-9-6-7-14(19-9)13(18-17)8-10-11(15)4-3-5-12(10)16/h3-7,13,18H,2,8,17H2,1H3. The molecule has 0 saturated carbocycles. The summed E-state index contributed by atoms with van der Waals surface area (Å²) < 4.78 is 5.71. The van der Waals surface area contributed by atoms with E-state index in [9.17, 15) is 0 Å². The second-order valence-corrected chi connectivity index (χ2v) is 5.10. The van der Waals surface area contributed by atoms with Gasteiger partial charge in [0.2, 0.25) is 0 Å². The fourth-order valence-corrected chi connectivity index (χ4v) is 2.50. The van der Waals surface area contributed by atoms with E-state index >= 15 is 0 Å². The Labute approximate surface area is 122 Å². The molecule has 0 amide bonds. The van der Waals surface area contributed by atoms with Crippen LogP contribution in [0.25, 0.3) is 0 Å². The van der Waals surface area contributed by atoms with E-state index in [0.717, 1.165) is 23.5 Å². The molecule has 1 heterocycles. The highest BCUT2D eigenvalue weighted by Crippen LogP contribution is 2.29. The number of hydrogen-bond acceptors (Lipinski definition) is 3. The molecule has 1 atom stereocenters. The van der Waals surface area contributed by atoms with Gasteiger partial charge < -0.3 is 4.42 Å². The molecule has 1 unspecified atom stereocenters. The Bertz CT molecular complexity index is 534. The van der Waals surface area contributed by atoms with Crippen LogP contribution in [0.15, 0.2) is 34.7 Å². The van der Waals surface area contributed by atoms with Gasteiger partial charge in [-0.05, 0) is 36.2 Å². The third kappa shape index (κ3) is 3.31. The van der Waals surface area contributed by atoms with Crippen molar-refractivity contribution in [1.29, 1.82) is 0 Å². The van der Waals surface area contributed by atoms with Crippen molar-refractivity contribution in [2.24, 2.45) is 5.84 Å². The third-order valence-corrected chi connectivity index (χ3v) is 3.75. The lowest BCUT2D eigenvalue weighted by atomic mass is 10.0. The molecular formula is C14H16Cl2N2O. The maximum atomic E-state index is 6.17. The summed E-state index contributed by atoms with van der Waals surface area (Å²) in [6, 6.07) is 9.17. The van der Waals surface area contributed by atoms with Gasteiger partial charge in [-0.25, -0.2) is 5.43 Å². The van der Waals surface area contributed by atoms with Gasteiger partial charge in [0.05, 0.1) is 6.04 Å². The highest BCUT2D eigenvalue weighted by Gasteiger charge is 2.17. The molecule has 2 aromatic rings. The number of furan rings is 1. The first-order chi connectivity index (χ1) is 9.15. The van der Waals surface area contributed by atoms with Crippen LogP contribution < -0.4 is 11.3 Å². The van der Waals surface area contributed by atoms with Gasteiger partial charge in [0.15, 0.2) is 0 Å². The van der Waals surface area contributed by atoms with E-state index in [4.69, 9.17) is 33.5 Å². The van der Waals surface area contributed by atoms with Crippen LogP contribution in [0.5, 0.6) is 0 Å². The van der Waals surface area contributed by atoms with Crippen LogP contribution in [0, 0.1) is 0 Å². The molecular weight excluding hydrogens is 283 g/mol. The highest BCUT2D eigenvalue weighted by atomic mass is 35.5. The topological polar surface area (TPSA) is 51.2 Å².